The van der Waals surface area contributed by atoms with E-state index in [9.17, 15) is 19.2 Å². The lowest BCUT2D eigenvalue weighted by molar-refractivity contribution is -0.121. The molecule has 6 heteroatoms. The SMILES string of the molecule is C.CC.CC.CCC.CCC.O=C1C=CC(=O)N1c1ccccc1.O=C1C=CC(=O)N1c1ccccc1. The van der Waals surface area contributed by atoms with E-state index in [1.807, 2.05) is 39.8 Å². The molecule has 0 N–H and O–H groups in total. The number of hydrogen-bond acceptors (Lipinski definition) is 4. The quantitative estimate of drug-likeness (QED) is 0.387. The number of carbonyl (C=O) groups is 4. The Bertz CT molecular complexity index is 836. The molecular formula is C31H46N2O4. The fourth-order valence-electron chi connectivity index (χ4n) is 2.46. The molecule has 2 aliphatic heterocycles. The summed E-state index contributed by atoms with van der Waals surface area (Å²) in [6.07, 6.45) is 7.59. The standard InChI is InChI=1S/2C10H7NO2.2C3H8.2C2H6.CH4/c2*12-9-6-7-10(13)11(9)8-4-2-1-3-5-8;2*1-3-2;2*1-2;/h2*1-7H;2*3H2,1-2H3;2*1-2H3;1H4. The van der Waals surface area contributed by atoms with Crippen LogP contribution in [-0.4, -0.2) is 23.6 Å². The van der Waals surface area contributed by atoms with Crippen molar-refractivity contribution >= 4 is 35.0 Å². The molecular weight excluding hydrogens is 464 g/mol. The second-order valence-corrected chi connectivity index (χ2v) is 6.78. The summed E-state index contributed by atoms with van der Waals surface area (Å²) in [6.45, 7) is 16.5. The van der Waals surface area contributed by atoms with Crippen LogP contribution in [0.25, 0.3) is 0 Å². The van der Waals surface area contributed by atoms with Crippen LogP contribution in [0.5, 0.6) is 0 Å². The molecule has 2 aromatic carbocycles. The smallest absolute Gasteiger partial charge is 0.258 e. The van der Waals surface area contributed by atoms with Gasteiger partial charge >= 0.3 is 0 Å². The van der Waals surface area contributed by atoms with Gasteiger partial charge in [0.15, 0.2) is 0 Å². The van der Waals surface area contributed by atoms with Crippen LogP contribution < -0.4 is 9.80 Å². The highest BCUT2D eigenvalue weighted by Crippen LogP contribution is 2.18. The van der Waals surface area contributed by atoms with Crippen molar-refractivity contribution in [3.63, 3.8) is 0 Å². The van der Waals surface area contributed by atoms with Gasteiger partial charge < -0.3 is 0 Å². The molecule has 2 aliphatic rings. The lowest BCUT2D eigenvalue weighted by atomic mass is 10.3. The molecule has 0 radical (unpaired) electrons. The summed E-state index contributed by atoms with van der Waals surface area (Å²) in [5, 5.41) is 0. The fourth-order valence-corrected chi connectivity index (χ4v) is 2.46. The molecule has 4 rings (SSSR count). The summed E-state index contributed by atoms with van der Waals surface area (Å²) in [4.78, 5) is 47.1. The van der Waals surface area contributed by atoms with Gasteiger partial charge in [-0.3, -0.25) is 19.2 Å². The molecule has 0 spiro atoms. The zero-order valence-corrected chi connectivity index (χ0v) is 23.0. The number of imide groups is 2. The molecule has 204 valence electrons. The summed E-state index contributed by atoms with van der Waals surface area (Å²) < 4.78 is 0. The van der Waals surface area contributed by atoms with Gasteiger partial charge in [0.2, 0.25) is 0 Å². The first-order valence-corrected chi connectivity index (χ1v) is 12.6. The molecule has 6 nitrogen and oxygen atoms in total. The zero-order valence-electron chi connectivity index (χ0n) is 23.0. The third-order valence-electron chi connectivity index (χ3n) is 3.65. The summed E-state index contributed by atoms with van der Waals surface area (Å²) in [5.74, 6) is -1.13. The van der Waals surface area contributed by atoms with Crippen molar-refractivity contribution in [3.8, 4) is 0 Å². The normalized spacial score (nSPS) is 12.2. The van der Waals surface area contributed by atoms with Gasteiger partial charge in [-0.25, -0.2) is 9.80 Å². The number of hydrogen-bond donors (Lipinski definition) is 0. The Morgan fingerprint density at radius 2 is 0.649 bits per heavy atom. The zero-order chi connectivity index (χ0) is 27.9. The van der Waals surface area contributed by atoms with E-state index < -0.39 is 0 Å². The molecule has 0 aromatic heterocycles. The maximum Gasteiger partial charge on any atom is 0.258 e. The van der Waals surface area contributed by atoms with E-state index in [1.54, 1.807) is 48.5 Å². The van der Waals surface area contributed by atoms with Gasteiger partial charge in [-0.05, 0) is 24.3 Å². The first-order valence-electron chi connectivity index (χ1n) is 12.6. The fraction of sp³-hybridized carbons (Fsp3) is 0.355. The molecule has 4 amide bonds. The van der Waals surface area contributed by atoms with Crippen LogP contribution in [0.15, 0.2) is 85.0 Å². The van der Waals surface area contributed by atoms with E-state index in [4.69, 9.17) is 0 Å². The van der Waals surface area contributed by atoms with E-state index in [-0.39, 0.29) is 31.1 Å². The molecule has 0 fully saturated rings. The van der Waals surface area contributed by atoms with Crippen LogP contribution in [0.3, 0.4) is 0 Å². The molecule has 0 saturated heterocycles. The van der Waals surface area contributed by atoms with E-state index in [0.717, 1.165) is 9.80 Å². The maximum atomic E-state index is 11.2. The van der Waals surface area contributed by atoms with Gasteiger partial charge in [0.25, 0.3) is 23.6 Å². The van der Waals surface area contributed by atoms with Gasteiger partial charge in [-0.15, -0.1) is 0 Å². The van der Waals surface area contributed by atoms with E-state index >= 15 is 0 Å². The van der Waals surface area contributed by atoms with Crippen molar-refractivity contribution in [1.29, 1.82) is 0 Å². The molecule has 37 heavy (non-hydrogen) atoms. The number of benzene rings is 2. The van der Waals surface area contributed by atoms with E-state index in [1.165, 1.54) is 37.1 Å². The second-order valence-electron chi connectivity index (χ2n) is 6.78. The number of carbonyl (C=O) groups excluding carboxylic acids is 4. The van der Waals surface area contributed by atoms with Crippen molar-refractivity contribution in [2.45, 2.75) is 75.7 Å². The van der Waals surface area contributed by atoms with Gasteiger partial charge in [0, 0.05) is 24.3 Å². The topological polar surface area (TPSA) is 74.8 Å². The summed E-state index contributed by atoms with van der Waals surface area (Å²) in [6, 6.07) is 17.7. The molecule has 2 heterocycles. The van der Waals surface area contributed by atoms with Gasteiger partial charge in [0.1, 0.15) is 0 Å². The van der Waals surface area contributed by atoms with Gasteiger partial charge in [-0.2, -0.15) is 0 Å². The van der Waals surface area contributed by atoms with Crippen molar-refractivity contribution in [3.05, 3.63) is 85.0 Å². The molecule has 0 atom stereocenters. The van der Waals surface area contributed by atoms with Crippen LogP contribution >= 0.6 is 0 Å². The Labute approximate surface area is 224 Å². The van der Waals surface area contributed by atoms with E-state index in [0.29, 0.717) is 11.4 Å². The van der Waals surface area contributed by atoms with Crippen LogP contribution in [-0.2, 0) is 19.2 Å². The Balaban J connectivity index is -0.000000456. The van der Waals surface area contributed by atoms with Crippen molar-refractivity contribution in [2.75, 3.05) is 9.80 Å². The second kappa shape index (κ2) is 23.9. The molecule has 0 aliphatic carbocycles. The van der Waals surface area contributed by atoms with Crippen LogP contribution in [0.2, 0.25) is 0 Å². The predicted molar refractivity (Wildman–Crippen MR) is 158 cm³/mol. The Morgan fingerprint density at radius 1 is 0.459 bits per heavy atom. The van der Waals surface area contributed by atoms with Crippen LogP contribution in [0.1, 0.15) is 75.7 Å². The highest BCUT2D eigenvalue weighted by molar-refractivity contribution is 6.28. The highest BCUT2D eigenvalue weighted by atomic mass is 16.2. The largest absolute Gasteiger partial charge is 0.269 e. The average molecular weight is 511 g/mol. The first-order chi connectivity index (χ1) is 17.4. The molecule has 0 unspecified atom stereocenters. The number of nitrogens with zero attached hydrogens (tertiary/aromatic N) is 2. The number of anilines is 2. The third-order valence-corrected chi connectivity index (χ3v) is 3.65. The van der Waals surface area contributed by atoms with Crippen LogP contribution in [0, 0.1) is 0 Å². The molecule has 0 saturated carbocycles. The molecule has 0 bridgehead atoms. The maximum absolute atomic E-state index is 11.2. The Morgan fingerprint density at radius 3 is 0.838 bits per heavy atom. The summed E-state index contributed by atoms with van der Waals surface area (Å²) in [5.41, 5.74) is 1.23. The number of para-hydroxylation sites is 2. The highest BCUT2D eigenvalue weighted by Gasteiger charge is 2.25. The minimum atomic E-state index is -0.281. The molecule has 2 aromatic rings. The lowest BCUT2D eigenvalue weighted by Crippen LogP contribution is -2.29. The van der Waals surface area contributed by atoms with Crippen molar-refractivity contribution in [1.82, 2.24) is 0 Å². The van der Waals surface area contributed by atoms with Crippen molar-refractivity contribution < 1.29 is 19.2 Å². The number of amides is 4. The Kier molecular flexibility index (Phi) is 24.4. The lowest BCUT2D eigenvalue weighted by Gasteiger charge is -2.12. The summed E-state index contributed by atoms with van der Waals surface area (Å²) in [7, 11) is 0. The Hall–Kier alpha value is -3.80. The van der Waals surface area contributed by atoms with Crippen LogP contribution in [0.4, 0.5) is 11.4 Å². The number of rotatable bonds is 2. The minimum Gasteiger partial charge on any atom is -0.269 e. The third kappa shape index (κ3) is 13.8. The van der Waals surface area contributed by atoms with Gasteiger partial charge in [0.05, 0.1) is 11.4 Å². The van der Waals surface area contributed by atoms with Gasteiger partial charge in [-0.1, -0.05) is 112 Å². The first kappa shape index (κ1) is 37.7. The summed E-state index contributed by atoms with van der Waals surface area (Å²) >= 11 is 0. The van der Waals surface area contributed by atoms with Crippen molar-refractivity contribution in [2.24, 2.45) is 0 Å². The predicted octanol–water partition coefficient (Wildman–Crippen LogP) is 7.75. The average Bonchev–Trinajstić information content (AvgIpc) is 3.43. The minimum absolute atomic E-state index is 0. The van der Waals surface area contributed by atoms with E-state index in [2.05, 4.69) is 27.7 Å². The monoisotopic (exact) mass is 510 g/mol.